The minimum atomic E-state index is -0.219. The van der Waals surface area contributed by atoms with Gasteiger partial charge in [-0.15, -0.1) is 5.73 Å². The third-order valence-corrected chi connectivity index (χ3v) is 1.58. The van der Waals surface area contributed by atoms with E-state index in [0.717, 1.165) is 5.56 Å². The molecule has 1 unspecified atom stereocenters. The van der Waals surface area contributed by atoms with Gasteiger partial charge in [-0.25, -0.2) is 0 Å². The Morgan fingerprint density at radius 2 is 2.00 bits per heavy atom. The Balaban J connectivity index is 2.97. The lowest BCUT2D eigenvalue weighted by molar-refractivity contribution is 1.10. The molecule has 1 nitrogen and oxygen atoms in total. The van der Waals surface area contributed by atoms with Crippen molar-refractivity contribution in [2.24, 2.45) is 0 Å². The number of hydrogen-bond donors (Lipinski definition) is 0. The Morgan fingerprint density at radius 1 is 1.33 bits per heavy atom. The van der Waals surface area contributed by atoms with E-state index in [0.29, 0.717) is 0 Å². The van der Waals surface area contributed by atoms with Crippen LogP contribution in [0, 0.1) is 11.3 Å². The molecule has 0 radical (unpaired) electrons. The predicted molar refractivity (Wildman–Crippen MR) is 48.5 cm³/mol. The van der Waals surface area contributed by atoms with Gasteiger partial charge in [-0.3, -0.25) is 0 Å². The second-order valence-electron chi connectivity index (χ2n) is 2.39. The summed E-state index contributed by atoms with van der Waals surface area (Å²) in [5.74, 6) is -0.219. The fraction of sp³-hybridized carbons (Fsp3) is 0.0909. The third kappa shape index (κ3) is 1.85. The molecule has 0 fully saturated rings. The van der Waals surface area contributed by atoms with Gasteiger partial charge in [-0.2, -0.15) is 5.26 Å². The minimum absolute atomic E-state index is 0.219. The number of benzene rings is 1. The van der Waals surface area contributed by atoms with Crippen LogP contribution in [-0.4, -0.2) is 0 Å². The van der Waals surface area contributed by atoms with Crippen molar-refractivity contribution in [2.75, 3.05) is 0 Å². The summed E-state index contributed by atoms with van der Waals surface area (Å²) in [6, 6.07) is 11.8. The van der Waals surface area contributed by atoms with Crippen LogP contribution in [0.1, 0.15) is 11.5 Å². The molecule has 58 valence electrons. The van der Waals surface area contributed by atoms with Crippen molar-refractivity contribution in [3.8, 4) is 6.07 Å². The molecule has 1 aromatic rings. The van der Waals surface area contributed by atoms with Crippen LogP contribution in [0.4, 0.5) is 0 Å². The highest BCUT2D eigenvalue weighted by molar-refractivity contribution is 5.29. The van der Waals surface area contributed by atoms with Gasteiger partial charge in [0.15, 0.2) is 0 Å². The Morgan fingerprint density at radius 3 is 2.50 bits per heavy atom. The van der Waals surface area contributed by atoms with Crippen LogP contribution >= 0.6 is 0 Å². The topological polar surface area (TPSA) is 23.8 Å². The van der Waals surface area contributed by atoms with Gasteiger partial charge >= 0.3 is 0 Å². The highest BCUT2D eigenvalue weighted by Gasteiger charge is 2.03. The molecular weight excluding hydrogens is 146 g/mol. The maximum Gasteiger partial charge on any atom is 0.0966 e. The van der Waals surface area contributed by atoms with Crippen LogP contribution in [0.5, 0.6) is 0 Å². The highest BCUT2D eigenvalue weighted by Crippen LogP contribution is 2.14. The molecule has 1 atom stereocenters. The number of nitriles is 1. The Hall–Kier alpha value is -1.77. The molecule has 12 heavy (non-hydrogen) atoms. The first-order valence-corrected chi connectivity index (χ1v) is 3.69. The Kier molecular flexibility index (Phi) is 2.90. The van der Waals surface area contributed by atoms with E-state index in [-0.39, 0.29) is 5.92 Å². The van der Waals surface area contributed by atoms with Crippen molar-refractivity contribution in [1.29, 1.82) is 5.26 Å². The summed E-state index contributed by atoms with van der Waals surface area (Å²) in [5, 5.41) is 8.76. The largest absolute Gasteiger partial charge is 0.197 e. The average molecular weight is 155 g/mol. The number of allylic oxidation sites excluding steroid dienone is 1. The third-order valence-electron chi connectivity index (χ3n) is 1.58. The smallest absolute Gasteiger partial charge is 0.0966 e. The average Bonchev–Trinajstić information content (AvgIpc) is 2.15. The summed E-state index contributed by atoms with van der Waals surface area (Å²) >= 11 is 0. The van der Waals surface area contributed by atoms with E-state index in [4.69, 9.17) is 5.26 Å². The molecule has 0 aliphatic rings. The molecule has 0 saturated heterocycles. The van der Waals surface area contributed by atoms with Gasteiger partial charge in [-0.05, 0) is 11.6 Å². The molecular formula is C11H9N. The van der Waals surface area contributed by atoms with Crippen molar-refractivity contribution in [1.82, 2.24) is 0 Å². The van der Waals surface area contributed by atoms with Crippen LogP contribution in [0.15, 0.2) is 48.7 Å². The van der Waals surface area contributed by atoms with Gasteiger partial charge < -0.3 is 0 Å². The van der Waals surface area contributed by atoms with Crippen molar-refractivity contribution < 1.29 is 0 Å². The number of nitrogens with zero attached hydrogens (tertiary/aromatic N) is 1. The van der Waals surface area contributed by atoms with Crippen LogP contribution in [0.3, 0.4) is 0 Å². The maximum absolute atomic E-state index is 8.76. The molecule has 0 heterocycles. The molecule has 0 aromatic heterocycles. The van der Waals surface area contributed by atoms with E-state index in [1.54, 1.807) is 6.08 Å². The zero-order chi connectivity index (χ0) is 8.81. The van der Waals surface area contributed by atoms with E-state index in [1.165, 1.54) is 0 Å². The van der Waals surface area contributed by atoms with Gasteiger partial charge in [0.05, 0.1) is 12.0 Å². The first-order valence-electron chi connectivity index (χ1n) is 3.69. The first-order chi connectivity index (χ1) is 5.88. The fourth-order valence-corrected chi connectivity index (χ4v) is 0.986. The monoisotopic (exact) mass is 155 g/mol. The minimum Gasteiger partial charge on any atom is -0.197 e. The van der Waals surface area contributed by atoms with Crippen molar-refractivity contribution in [3.63, 3.8) is 0 Å². The van der Waals surface area contributed by atoms with Crippen LogP contribution in [-0.2, 0) is 0 Å². The van der Waals surface area contributed by atoms with Crippen molar-refractivity contribution in [3.05, 3.63) is 54.3 Å². The van der Waals surface area contributed by atoms with Crippen molar-refractivity contribution in [2.45, 2.75) is 5.92 Å². The summed E-state index contributed by atoms with van der Waals surface area (Å²) in [7, 11) is 0. The van der Waals surface area contributed by atoms with E-state index in [1.807, 2.05) is 30.3 Å². The first kappa shape index (κ1) is 8.33. The summed E-state index contributed by atoms with van der Waals surface area (Å²) in [4.78, 5) is 0. The molecule has 0 saturated carbocycles. The van der Waals surface area contributed by atoms with Gasteiger partial charge in [0.2, 0.25) is 0 Å². The number of hydrogen-bond acceptors (Lipinski definition) is 1. The number of rotatable bonds is 2. The molecule has 0 spiro atoms. The predicted octanol–water partition coefficient (Wildman–Crippen LogP) is 2.63. The maximum atomic E-state index is 8.76. The molecule has 0 bridgehead atoms. The zero-order valence-electron chi connectivity index (χ0n) is 6.70. The van der Waals surface area contributed by atoms with Gasteiger partial charge in [0, 0.05) is 0 Å². The molecule has 1 aromatic carbocycles. The SMILES string of the molecule is C=C=CC(C#N)c1ccccc1. The van der Waals surface area contributed by atoms with Crippen LogP contribution < -0.4 is 0 Å². The lowest BCUT2D eigenvalue weighted by Crippen LogP contribution is -1.89. The molecule has 0 aliphatic carbocycles. The summed E-state index contributed by atoms with van der Waals surface area (Å²) in [6.07, 6.45) is 1.66. The molecule has 0 amide bonds. The second kappa shape index (κ2) is 4.18. The lowest BCUT2D eigenvalue weighted by Gasteiger charge is -2.00. The van der Waals surface area contributed by atoms with Crippen LogP contribution in [0.25, 0.3) is 0 Å². The molecule has 0 N–H and O–H groups in total. The molecule has 1 heteroatoms. The van der Waals surface area contributed by atoms with Crippen molar-refractivity contribution >= 4 is 0 Å². The zero-order valence-corrected chi connectivity index (χ0v) is 6.70. The van der Waals surface area contributed by atoms with Gasteiger partial charge in [-0.1, -0.05) is 36.9 Å². The van der Waals surface area contributed by atoms with Gasteiger partial charge in [0.25, 0.3) is 0 Å². The van der Waals surface area contributed by atoms with E-state index in [9.17, 15) is 0 Å². The second-order valence-corrected chi connectivity index (χ2v) is 2.39. The lowest BCUT2D eigenvalue weighted by atomic mass is 10.0. The highest BCUT2D eigenvalue weighted by atomic mass is 14.3. The standard InChI is InChI=1S/C11H9N/c1-2-6-11(9-12)10-7-4-3-5-8-10/h3-8,11H,1H2. The quantitative estimate of drug-likeness (QED) is 0.602. The fourth-order valence-electron chi connectivity index (χ4n) is 0.986. The molecule has 1 rings (SSSR count). The van der Waals surface area contributed by atoms with Gasteiger partial charge in [0.1, 0.15) is 0 Å². The normalized spacial score (nSPS) is 10.9. The summed E-state index contributed by atoms with van der Waals surface area (Å²) < 4.78 is 0. The van der Waals surface area contributed by atoms with E-state index in [2.05, 4.69) is 18.4 Å². The summed E-state index contributed by atoms with van der Waals surface area (Å²) in [5.41, 5.74) is 3.60. The summed E-state index contributed by atoms with van der Waals surface area (Å²) in [6.45, 7) is 3.44. The Bertz CT molecular complexity index is 326. The van der Waals surface area contributed by atoms with E-state index < -0.39 is 0 Å². The van der Waals surface area contributed by atoms with E-state index >= 15 is 0 Å². The van der Waals surface area contributed by atoms with Crippen LogP contribution in [0.2, 0.25) is 0 Å². The Labute approximate surface area is 72.3 Å². The molecule has 0 aliphatic heterocycles.